The molecule has 0 bridgehead atoms. The van der Waals surface area contributed by atoms with E-state index in [-0.39, 0.29) is 35.1 Å². The van der Waals surface area contributed by atoms with Crippen LogP contribution in [0.15, 0.2) is 54.6 Å². The number of carbonyl (C=O) groups is 2. The van der Waals surface area contributed by atoms with Crippen LogP contribution in [-0.2, 0) is 15.9 Å². The molecule has 2 aromatic rings. The van der Waals surface area contributed by atoms with Crippen LogP contribution in [0.4, 0.5) is 0 Å². The Labute approximate surface area is 150 Å². The van der Waals surface area contributed by atoms with Crippen molar-refractivity contribution >= 4 is 21.7 Å². The number of ketones is 2. The summed E-state index contributed by atoms with van der Waals surface area (Å²) in [6, 6.07) is 13.7. The van der Waals surface area contributed by atoms with Crippen molar-refractivity contribution in [2.45, 2.75) is 5.75 Å². The van der Waals surface area contributed by atoms with E-state index in [0.717, 1.165) is 0 Å². The van der Waals surface area contributed by atoms with Crippen LogP contribution in [0.5, 0.6) is 0 Å². The van der Waals surface area contributed by atoms with Gasteiger partial charge in [-0.1, -0.05) is 54.6 Å². The van der Waals surface area contributed by atoms with Crippen LogP contribution in [0.1, 0.15) is 26.3 Å². The molecule has 0 heterocycles. The average Bonchev–Trinajstić information content (AvgIpc) is 2.46. The van der Waals surface area contributed by atoms with Gasteiger partial charge in [0.1, 0.15) is 5.75 Å². The average molecular weight is 327 g/mol. The van der Waals surface area contributed by atoms with Gasteiger partial charge in [0.05, 0.1) is 0 Å². The number of hydrogen-bond donors (Lipinski definition) is 1. The van der Waals surface area contributed by atoms with Crippen molar-refractivity contribution in [3.63, 3.8) is 0 Å². The third-order valence-corrected chi connectivity index (χ3v) is 3.51. The van der Waals surface area contributed by atoms with Gasteiger partial charge in [-0.2, -0.15) is 8.42 Å². The smallest absolute Gasteiger partial charge is 0.285 e. The maximum atomic E-state index is 12.0. The minimum absolute atomic E-state index is 0. The standard InChI is InChI=1S/C15H12O5S.Na/c16-14(12-4-2-1-3-5-12)15(17)13-8-6-11(7-9-13)10-21(18,19)20;/h1-9H,10H2,(H,18,19,20);/q;+1. The predicted octanol–water partition coefficient (Wildman–Crippen LogP) is -0.856. The van der Waals surface area contributed by atoms with Gasteiger partial charge in [-0.05, 0) is 5.56 Å². The van der Waals surface area contributed by atoms with Gasteiger partial charge in [-0.25, -0.2) is 0 Å². The first-order valence-corrected chi connectivity index (χ1v) is 7.66. The van der Waals surface area contributed by atoms with Gasteiger partial charge in [-0.3, -0.25) is 14.1 Å². The van der Waals surface area contributed by atoms with Crippen LogP contribution in [0.2, 0.25) is 0 Å². The van der Waals surface area contributed by atoms with Gasteiger partial charge in [0.25, 0.3) is 10.1 Å². The van der Waals surface area contributed by atoms with Crippen LogP contribution >= 0.6 is 0 Å². The fourth-order valence-corrected chi connectivity index (χ4v) is 2.43. The largest absolute Gasteiger partial charge is 1.00 e. The molecule has 0 aliphatic rings. The first-order valence-electron chi connectivity index (χ1n) is 6.05. The van der Waals surface area contributed by atoms with E-state index in [2.05, 4.69) is 0 Å². The third kappa shape index (κ3) is 5.15. The normalized spacial score (nSPS) is 10.6. The van der Waals surface area contributed by atoms with Gasteiger partial charge >= 0.3 is 29.6 Å². The van der Waals surface area contributed by atoms with Crippen molar-refractivity contribution in [3.05, 3.63) is 71.3 Å². The minimum atomic E-state index is -4.12. The number of carbonyl (C=O) groups excluding carboxylic acids is 2. The van der Waals surface area contributed by atoms with Crippen LogP contribution in [-0.4, -0.2) is 24.5 Å². The molecule has 0 aliphatic heterocycles. The molecule has 2 aromatic carbocycles. The number of hydrogen-bond acceptors (Lipinski definition) is 4. The van der Waals surface area contributed by atoms with E-state index in [0.29, 0.717) is 11.1 Å². The van der Waals surface area contributed by atoms with E-state index in [1.807, 2.05) is 0 Å². The fraction of sp³-hybridized carbons (Fsp3) is 0.0667. The Morgan fingerprint density at radius 2 is 1.27 bits per heavy atom. The molecule has 22 heavy (non-hydrogen) atoms. The van der Waals surface area contributed by atoms with Gasteiger partial charge < -0.3 is 0 Å². The summed E-state index contributed by atoms with van der Waals surface area (Å²) in [5.41, 5.74) is 0.800. The summed E-state index contributed by atoms with van der Waals surface area (Å²) >= 11 is 0. The third-order valence-electron chi connectivity index (χ3n) is 2.81. The summed E-state index contributed by atoms with van der Waals surface area (Å²) in [5.74, 6) is -1.83. The molecule has 0 unspecified atom stereocenters. The fourth-order valence-electron chi connectivity index (χ4n) is 1.81. The van der Waals surface area contributed by atoms with Gasteiger partial charge in [0.15, 0.2) is 0 Å². The van der Waals surface area contributed by atoms with Crippen LogP contribution < -0.4 is 29.6 Å². The van der Waals surface area contributed by atoms with Crippen molar-refractivity contribution in [2.24, 2.45) is 0 Å². The molecule has 0 amide bonds. The Balaban J connectivity index is 0.00000242. The summed E-state index contributed by atoms with van der Waals surface area (Å²) in [6.45, 7) is 0. The molecule has 7 heteroatoms. The molecule has 108 valence electrons. The maximum Gasteiger partial charge on any atom is 1.00 e. The molecule has 2 rings (SSSR count). The van der Waals surface area contributed by atoms with Crippen LogP contribution in [0.25, 0.3) is 0 Å². The minimum Gasteiger partial charge on any atom is -0.285 e. The van der Waals surface area contributed by atoms with E-state index in [1.165, 1.54) is 24.3 Å². The van der Waals surface area contributed by atoms with E-state index in [4.69, 9.17) is 4.55 Å². The SMILES string of the molecule is O=C(C(=O)c1ccc(CS(=O)(=O)O)cc1)c1ccccc1.[Na+]. The molecule has 0 spiro atoms. The zero-order valence-electron chi connectivity index (χ0n) is 11.9. The van der Waals surface area contributed by atoms with Gasteiger partial charge in [-0.15, -0.1) is 0 Å². The number of Topliss-reactive ketones (excluding diaryl/α,β-unsaturated/α-hetero) is 2. The zero-order chi connectivity index (χ0) is 15.5. The molecule has 0 aliphatic carbocycles. The van der Waals surface area contributed by atoms with Crippen molar-refractivity contribution in [2.75, 3.05) is 0 Å². The molecular formula is C15H12NaO5S+. The molecule has 0 atom stereocenters. The zero-order valence-corrected chi connectivity index (χ0v) is 14.7. The Hall–Kier alpha value is -1.31. The Morgan fingerprint density at radius 1 is 0.818 bits per heavy atom. The van der Waals surface area contributed by atoms with E-state index >= 15 is 0 Å². The summed E-state index contributed by atoms with van der Waals surface area (Å²) < 4.78 is 30.2. The topological polar surface area (TPSA) is 88.5 Å². The van der Waals surface area contributed by atoms with Gasteiger partial charge in [0, 0.05) is 11.1 Å². The summed E-state index contributed by atoms with van der Waals surface area (Å²) in [5, 5.41) is 0. The molecule has 5 nitrogen and oxygen atoms in total. The first kappa shape index (κ1) is 18.7. The second-order valence-corrected chi connectivity index (χ2v) is 5.90. The second-order valence-electron chi connectivity index (χ2n) is 4.45. The summed E-state index contributed by atoms with van der Waals surface area (Å²) in [6.07, 6.45) is 0. The first-order chi connectivity index (χ1) is 9.87. The van der Waals surface area contributed by atoms with E-state index in [9.17, 15) is 18.0 Å². The number of rotatable bonds is 5. The predicted molar refractivity (Wildman–Crippen MR) is 76.8 cm³/mol. The van der Waals surface area contributed by atoms with Crippen molar-refractivity contribution < 1.29 is 52.1 Å². The Bertz CT molecular complexity index is 767. The molecule has 0 fully saturated rings. The monoisotopic (exact) mass is 327 g/mol. The molecule has 0 aromatic heterocycles. The van der Waals surface area contributed by atoms with Crippen LogP contribution in [0, 0.1) is 0 Å². The molecular weight excluding hydrogens is 315 g/mol. The quantitative estimate of drug-likeness (QED) is 0.334. The van der Waals surface area contributed by atoms with E-state index in [1.54, 1.807) is 30.3 Å². The summed E-state index contributed by atoms with van der Waals surface area (Å²) in [4.78, 5) is 24.0. The van der Waals surface area contributed by atoms with Crippen molar-refractivity contribution in [1.82, 2.24) is 0 Å². The Morgan fingerprint density at radius 3 is 1.73 bits per heavy atom. The molecule has 0 saturated heterocycles. The Kier molecular flexibility index (Phi) is 6.65. The molecule has 1 N–H and O–H groups in total. The maximum absolute atomic E-state index is 12.0. The second kappa shape index (κ2) is 7.80. The van der Waals surface area contributed by atoms with E-state index < -0.39 is 27.4 Å². The van der Waals surface area contributed by atoms with Crippen molar-refractivity contribution in [1.29, 1.82) is 0 Å². The summed E-state index contributed by atoms with van der Waals surface area (Å²) in [7, 11) is -4.12. The van der Waals surface area contributed by atoms with Crippen LogP contribution in [0.3, 0.4) is 0 Å². The van der Waals surface area contributed by atoms with Gasteiger partial charge in [0.2, 0.25) is 11.6 Å². The molecule has 0 saturated carbocycles. The van der Waals surface area contributed by atoms with Crippen molar-refractivity contribution in [3.8, 4) is 0 Å². The number of benzene rings is 2. The molecule has 0 radical (unpaired) electrons.